The number of aliphatic hydroxyl groups excluding tert-OH is 1. The predicted octanol–water partition coefficient (Wildman–Crippen LogP) is 2.95. The number of hydrogen-bond acceptors (Lipinski definition) is 2. The highest BCUT2D eigenvalue weighted by molar-refractivity contribution is 4.81. The van der Waals surface area contributed by atoms with Gasteiger partial charge in [0.2, 0.25) is 0 Å². The van der Waals surface area contributed by atoms with Crippen LogP contribution >= 0.6 is 0 Å². The molecule has 2 N–H and O–H groups in total. The van der Waals surface area contributed by atoms with Crippen LogP contribution in [0.5, 0.6) is 0 Å². The van der Waals surface area contributed by atoms with Gasteiger partial charge in [0.15, 0.2) is 0 Å². The predicted molar refractivity (Wildman–Crippen MR) is 69.5 cm³/mol. The van der Waals surface area contributed by atoms with Crippen LogP contribution in [0, 0.1) is 11.3 Å². The standard InChI is InChI=1S/C14H29NO/c1-11(14(2,3)4)10-15-12-8-6-5-7-9-13(12)16/h11-13,15-16H,5-10H2,1-4H3. The van der Waals surface area contributed by atoms with E-state index in [0.717, 1.165) is 19.4 Å². The Morgan fingerprint density at radius 1 is 1.19 bits per heavy atom. The van der Waals surface area contributed by atoms with Crippen molar-refractivity contribution in [1.29, 1.82) is 0 Å². The molecule has 96 valence electrons. The van der Waals surface area contributed by atoms with Crippen LogP contribution in [0.2, 0.25) is 0 Å². The molecule has 0 aromatic carbocycles. The monoisotopic (exact) mass is 227 g/mol. The molecule has 0 heterocycles. The molecule has 0 amide bonds. The van der Waals surface area contributed by atoms with Crippen LogP contribution in [0.3, 0.4) is 0 Å². The number of rotatable bonds is 3. The van der Waals surface area contributed by atoms with Gasteiger partial charge >= 0.3 is 0 Å². The summed E-state index contributed by atoms with van der Waals surface area (Å²) in [4.78, 5) is 0. The molecule has 3 atom stereocenters. The second-order valence-electron chi connectivity index (χ2n) is 6.49. The molecule has 1 fully saturated rings. The van der Waals surface area contributed by atoms with Gasteiger partial charge in [0.05, 0.1) is 6.10 Å². The van der Waals surface area contributed by atoms with Crippen molar-refractivity contribution in [3.05, 3.63) is 0 Å². The second kappa shape index (κ2) is 6.02. The van der Waals surface area contributed by atoms with Crippen molar-refractivity contribution in [2.45, 2.75) is 71.9 Å². The molecule has 0 aromatic rings. The van der Waals surface area contributed by atoms with Gasteiger partial charge < -0.3 is 10.4 Å². The van der Waals surface area contributed by atoms with Crippen LogP contribution in [0.1, 0.15) is 59.8 Å². The first kappa shape index (κ1) is 14.0. The van der Waals surface area contributed by atoms with E-state index in [4.69, 9.17) is 0 Å². The fraction of sp³-hybridized carbons (Fsp3) is 1.00. The third-order valence-corrected chi connectivity index (χ3v) is 4.14. The second-order valence-corrected chi connectivity index (χ2v) is 6.49. The Labute approximate surface area is 101 Å². The summed E-state index contributed by atoms with van der Waals surface area (Å²) in [5.74, 6) is 0.642. The van der Waals surface area contributed by atoms with Gasteiger partial charge in [-0.1, -0.05) is 47.0 Å². The van der Waals surface area contributed by atoms with Crippen molar-refractivity contribution < 1.29 is 5.11 Å². The molecule has 1 saturated carbocycles. The van der Waals surface area contributed by atoms with Crippen LogP contribution < -0.4 is 5.32 Å². The number of hydrogen-bond donors (Lipinski definition) is 2. The summed E-state index contributed by atoms with van der Waals surface area (Å²) < 4.78 is 0. The minimum atomic E-state index is -0.130. The fourth-order valence-corrected chi connectivity index (χ4v) is 2.16. The van der Waals surface area contributed by atoms with E-state index < -0.39 is 0 Å². The molecular weight excluding hydrogens is 198 g/mol. The van der Waals surface area contributed by atoms with Gasteiger partial charge in [0.1, 0.15) is 0 Å². The Morgan fingerprint density at radius 3 is 2.44 bits per heavy atom. The Morgan fingerprint density at radius 2 is 1.81 bits per heavy atom. The molecule has 0 saturated heterocycles. The zero-order chi connectivity index (χ0) is 12.2. The molecule has 2 heteroatoms. The van der Waals surface area contributed by atoms with Gasteiger partial charge in [-0.15, -0.1) is 0 Å². The van der Waals surface area contributed by atoms with Gasteiger partial charge in [0.25, 0.3) is 0 Å². The SMILES string of the molecule is CC(CNC1CCCCCC1O)C(C)(C)C. The summed E-state index contributed by atoms with van der Waals surface area (Å²) in [5.41, 5.74) is 0.350. The van der Waals surface area contributed by atoms with Crippen molar-refractivity contribution in [3.63, 3.8) is 0 Å². The molecule has 3 unspecified atom stereocenters. The van der Waals surface area contributed by atoms with E-state index in [1.807, 2.05) is 0 Å². The van der Waals surface area contributed by atoms with Gasteiger partial charge in [-0.2, -0.15) is 0 Å². The lowest BCUT2D eigenvalue weighted by Gasteiger charge is -2.30. The van der Waals surface area contributed by atoms with Crippen LogP contribution in [-0.4, -0.2) is 23.8 Å². The summed E-state index contributed by atoms with van der Waals surface area (Å²) >= 11 is 0. The molecule has 1 rings (SSSR count). The molecule has 0 aliphatic heterocycles. The summed E-state index contributed by atoms with van der Waals surface area (Å²) in [5, 5.41) is 13.6. The van der Waals surface area contributed by atoms with E-state index in [2.05, 4.69) is 33.0 Å². The minimum absolute atomic E-state index is 0.130. The molecule has 0 radical (unpaired) electrons. The van der Waals surface area contributed by atoms with E-state index >= 15 is 0 Å². The molecule has 2 nitrogen and oxygen atoms in total. The quantitative estimate of drug-likeness (QED) is 0.727. The maximum Gasteiger partial charge on any atom is 0.0693 e. The van der Waals surface area contributed by atoms with E-state index in [0.29, 0.717) is 17.4 Å². The lowest BCUT2D eigenvalue weighted by atomic mass is 9.82. The molecule has 0 spiro atoms. The Balaban J connectivity index is 2.35. The topological polar surface area (TPSA) is 32.3 Å². The van der Waals surface area contributed by atoms with Crippen molar-refractivity contribution in [2.24, 2.45) is 11.3 Å². The Bertz CT molecular complexity index is 197. The lowest BCUT2D eigenvalue weighted by Crippen LogP contribution is -2.42. The molecule has 16 heavy (non-hydrogen) atoms. The largest absolute Gasteiger partial charge is 0.392 e. The smallest absolute Gasteiger partial charge is 0.0693 e. The highest BCUT2D eigenvalue weighted by Crippen LogP contribution is 2.25. The maximum atomic E-state index is 10.0. The van der Waals surface area contributed by atoms with Crippen LogP contribution in [0.15, 0.2) is 0 Å². The molecule has 0 aromatic heterocycles. The highest BCUT2D eigenvalue weighted by atomic mass is 16.3. The number of aliphatic hydroxyl groups is 1. The van der Waals surface area contributed by atoms with Crippen molar-refractivity contribution in [1.82, 2.24) is 5.32 Å². The fourth-order valence-electron chi connectivity index (χ4n) is 2.16. The van der Waals surface area contributed by atoms with Gasteiger partial charge in [-0.25, -0.2) is 0 Å². The minimum Gasteiger partial charge on any atom is -0.392 e. The van der Waals surface area contributed by atoms with Crippen molar-refractivity contribution in [2.75, 3.05) is 6.54 Å². The molecule has 1 aliphatic carbocycles. The van der Waals surface area contributed by atoms with Gasteiger partial charge in [-0.3, -0.25) is 0 Å². The molecular formula is C14H29NO. The molecule has 0 bridgehead atoms. The first-order valence-corrected chi connectivity index (χ1v) is 6.82. The van der Waals surface area contributed by atoms with Crippen LogP contribution in [0.4, 0.5) is 0 Å². The van der Waals surface area contributed by atoms with Gasteiger partial charge in [-0.05, 0) is 30.7 Å². The third kappa shape index (κ3) is 4.42. The van der Waals surface area contributed by atoms with Crippen LogP contribution in [0.25, 0.3) is 0 Å². The molecule has 1 aliphatic rings. The summed E-state index contributed by atoms with van der Waals surface area (Å²) in [6.07, 6.45) is 5.71. The van der Waals surface area contributed by atoms with Crippen molar-refractivity contribution in [3.8, 4) is 0 Å². The normalized spacial score (nSPS) is 29.8. The lowest BCUT2D eigenvalue weighted by molar-refractivity contribution is 0.112. The Hall–Kier alpha value is -0.0800. The average molecular weight is 227 g/mol. The van der Waals surface area contributed by atoms with E-state index in [-0.39, 0.29) is 6.10 Å². The van der Waals surface area contributed by atoms with Crippen LogP contribution in [-0.2, 0) is 0 Å². The first-order chi connectivity index (χ1) is 7.41. The van der Waals surface area contributed by atoms with E-state index in [1.54, 1.807) is 0 Å². The first-order valence-electron chi connectivity index (χ1n) is 6.82. The van der Waals surface area contributed by atoms with Crippen molar-refractivity contribution >= 4 is 0 Å². The number of nitrogens with one attached hydrogen (secondary N) is 1. The van der Waals surface area contributed by atoms with E-state index in [9.17, 15) is 5.11 Å². The third-order valence-electron chi connectivity index (χ3n) is 4.14. The zero-order valence-corrected chi connectivity index (χ0v) is 11.4. The summed E-state index contributed by atoms with van der Waals surface area (Å²) in [6, 6.07) is 0.326. The zero-order valence-electron chi connectivity index (χ0n) is 11.4. The van der Waals surface area contributed by atoms with E-state index in [1.165, 1.54) is 19.3 Å². The average Bonchev–Trinajstić information content (AvgIpc) is 2.38. The maximum absolute atomic E-state index is 10.0. The van der Waals surface area contributed by atoms with Gasteiger partial charge in [0, 0.05) is 6.04 Å². The summed E-state index contributed by atoms with van der Waals surface area (Å²) in [6.45, 7) is 10.1. The highest BCUT2D eigenvalue weighted by Gasteiger charge is 2.24. The Kier molecular flexibility index (Phi) is 5.26. The summed E-state index contributed by atoms with van der Waals surface area (Å²) in [7, 11) is 0.